The van der Waals surface area contributed by atoms with Crippen molar-refractivity contribution in [2.75, 3.05) is 0 Å². The Kier molecular flexibility index (Phi) is 5.05. The van der Waals surface area contributed by atoms with Gasteiger partial charge in [0, 0.05) is 0 Å². The van der Waals surface area contributed by atoms with Crippen LogP contribution in [0.1, 0.15) is 48.3 Å². The van der Waals surface area contributed by atoms with Gasteiger partial charge in [0.15, 0.2) is 0 Å². The Hall–Kier alpha value is -1.43. The Morgan fingerprint density at radius 1 is 1.47 bits per heavy atom. The predicted octanol–water partition coefficient (Wildman–Crippen LogP) is 2.46. The van der Waals surface area contributed by atoms with Crippen LogP contribution in [0.4, 0.5) is 0 Å². The molecule has 0 aliphatic heterocycles. The van der Waals surface area contributed by atoms with Crippen molar-refractivity contribution >= 4 is 23.2 Å². The van der Waals surface area contributed by atoms with E-state index in [2.05, 4.69) is 10.3 Å². The van der Waals surface area contributed by atoms with Gasteiger partial charge in [0.25, 0.3) is 5.91 Å². The second-order valence-corrected chi connectivity index (χ2v) is 6.94. The Morgan fingerprint density at radius 3 is 2.53 bits per heavy atom. The van der Waals surface area contributed by atoms with Crippen LogP contribution in [0.3, 0.4) is 0 Å². The van der Waals surface area contributed by atoms with Gasteiger partial charge in [-0.1, -0.05) is 20.8 Å². The molecule has 0 radical (unpaired) electrons. The zero-order valence-corrected chi connectivity index (χ0v) is 12.5. The summed E-state index contributed by atoms with van der Waals surface area (Å²) in [6, 6.07) is -0.853. The van der Waals surface area contributed by atoms with Gasteiger partial charge in [-0.3, -0.25) is 4.79 Å². The van der Waals surface area contributed by atoms with Gasteiger partial charge in [-0.25, -0.2) is 9.78 Å². The van der Waals surface area contributed by atoms with Crippen LogP contribution in [-0.2, 0) is 4.79 Å². The molecule has 0 saturated heterocycles. The van der Waals surface area contributed by atoms with E-state index in [1.54, 1.807) is 6.92 Å². The number of hydrogen-bond acceptors (Lipinski definition) is 4. The molecule has 6 heteroatoms. The first kappa shape index (κ1) is 15.6. The van der Waals surface area contributed by atoms with Crippen LogP contribution in [-0.4, -0.2) is 28.0 Å². The van der Waals surface area contributed by atoms with Crippen molar-refractivity contribution < 1.29 is 14.7 Å². The summed E-state index contributed by atoms with van der Waals surface area (Å²) >= 11 is 1.26. The molecule has 19 heavy (non-hydrogen) atoms. The maximum absolute atomic E-state index is 11.9. The van der Waals surface area contributed by atoms with Crippen molar-refractivity contribution in [3.63, 3.8) is 0 Å². The number of carbonyl (C=O) groups is 2. The lowest BCUT2D eigenvalue weighted by Crippen LogP contribution is -2.41. The third-order valence-corrected chi connectivity index (χ3v) is 3.54. The molecule has 2 N–H and O–H groups in total. The molecule has 0 fully saturated rings. The van der Waals surface area contributed by atoms with Crippen LogP contribution >= 0.6 is 11.3 Å². The molecular formula is C13H20N2O3S. The fourth-order valence-corrected chi connectivity index (χ4v) is 2.21. The molecule has 1 aromatic heterocycles. The number of aromatic nitrogens is 1. The van der Waals surface area contributed by atoms with Crippen molar-refractivity contribution in [3.8, 4) is 0 Å². The largest absolute Gasteiger partial charge is 0.480 e. The number of hydrogen-bond donors (Lipinski definition) is 2. The first-order valence-corrected chi connectivity index (χ1v) is 6.97. The lowest BCUT2D eigenvalue weighted by molar-refractivity contribution is -0.139. The van der Waals surface area contributed by atoms with Crippen LogP contribution in [0.15, 0.2) is 6.20 Å². The van der Waals surface area contributed by atoms with E-state index in [1.807, 2.05) is 20.8 Å². The molecule has 0 bridgehead atoms. The average Bonchev–Trinajstić information content (AvgIpc) is 2.69. The average molecular weight is 284 g/mol. The minimum atomic E-state index is -1.00. The first-order valence-electron chi connectivity index (χ1n) is 6.15. The molecular weight excluding hydrogens is 264 g/mol. The molecule has 0 saturated carbocycles. The summed E-state index contributed by atoms with van der Waals surface area (Å²) in [6.45, 7) is 7.93. The number of thiazole rings is 1. The molecule has 1 atom stereocenters. The summed E-state index contributed by atoms with van der Waals surface area (Å²) in [5.41, 5.74) is 0.0412. The van der Waals surface area contributed by atoms with Gasteiger partial charge in [-0.15, -0.1) is 11.3 Å². The van der Waals surface area contributed by atoms with Gasteiger partial charge in [0.2, 0.25) is 0 Å². The predicted molar refractivity (Wildman–Crippen MR) is 74.4 cm³/mol. The molecule has 1 amide bonds. The standard InChI is InChI=1S/C13H20N2O3S/c1-8-14-7-10(19-8)11(16)15-9(12(17)18)5-6-13(2,3)4/h7,9H,5-6H2,1-4H3,(H,15,16)(H,17,18). The molecule has 106 valence electrons. The second kappa shape index (κ2) is 6.14. The third-order valence-electron chi connectivity index (χ3n) is 2.63. The minimum Gasteiger partial charge on any atom is -0.480 e. The highest BCUT2D eigenvalue weighted by Crippen LogP contribution is 2.22. The molecule has 1 aromatic rings. The highest BCUT2D eigenvalue weighted by Gasteiger charge is 2.23. The number of aryl methyl sites for hydroxylation is 1. The number of carboxylic acids is 1. The van der Waals surface area contributed by atoms with Gasteiger partial charge < -0.3 is 10.4 Å². The normalized spacial score (nSPS) is 13.1. The Balaban J connectivity index is 2.63. The summed E-state index contributed by atoms with van der Waals surface area (Å²) < 4.78 is 0. The maximum Gasteiger partial charge on any atom is 0.326 e. The van der Waals surface area contributed by atoms with Crippen molar-refractivity contribution in [1.29, 1.82) is 0 Å². The number of nitrogens with zero attached hydrogens (tertiary/aromatic N) is 1. The zero-order chi connectivity index (χ0) is 14.6. The molecule has 1 rings (SSSR count). The van der Waals surface area contributed by atoms with E-state index in [0.717, 1.165) is 11.4 Å². The van der Waals surface area contributed by atoms with Gasteiger partial charge in [-0.05, 0) is 25.2 Å². The SMILES string of the molecule is Cc1ncc(C(=O)NC(CCC(C)(C)C)C(=O)O)s1. The van der Waals surface area contributed by atoms with Crippen molar-refractivity contribution in [1.82, 2.24) is 10.3 Å². The van der Waals surface area contributed by atoms with E-state index >= 15 is 0 Å². The number of rotatable bonds is 5. The summed E-state index contributed by atoms with van der Waals surface area (Å²) in [4.78, 5) is 27.5. The number of carboxylic acid groups (broad SMARTS) is 1. The smallest absolute Gasteiger partial charge is 0.326 e. The highest BCUT2D eigenvalue weighted by atomic mass is 32.1. The molecule has 1 unspecified atom stereocenters. The van der Waals surface area contributed by atoms with E-state index < -0.39 is 12.0 Å². The Morgan fingerprint density at radius 2 is 2.11 bits per heavy atom. The van der Waals surface area contributed by atoms with Crippen molar-refractivity contribution in [3.05, 3.63) is 16.1 Å². The van der Waals surface area contributed by atoms with Crippen LogP contribution in [0.5, 0.6) is 0 Å². The number of carbonyl (C=O) groups excluding carboxylic acids is 1. The van der Waals surface area contributed by atoms with Crippen LogP contribution < -0.4 is 5.32 Å². The lowest BCUT2D eigenvalue weighted by Gasteiger charge is -2.21. The minimum absolute atomic E-state index is 0.0412. The molecule has 0 aromatic carbocycles. The second-order valence-electron chi connectivity index (χ2n) is 5.71. The van der Waals surface area contributed by atoms with E-state index in [0.29, 0.717) is 11.3 Å². The summed E-state index contributed by atoms with van der Waals surface area (Å²) in [6.07, 6.45) is 2.62. The highest BCUT2D eigenvalue weighted by molar-refractivity contribution is 7.13. The quantitative estimate of drug-likeness (QED) is 0.870. The van der Waals surface area contributed by atoms with Crippen LogP contribution in [0, 0.1) is 12.3 Å². The molecule has 0 spiro atoms. The van der Waals surface area contributed by atoms with Crippen LogP contribution in [0.25, 0.3) is 0 Å². The van der Waals surface area contributed by atoms with Gasteiger partial charge in [0.05, 0.1) is 11.2 Å². The topological polar surface area (TPSA) is 79.3 Å². The van der Waals surface area contributed by atoms with Crippen molar-refractivity contribution in [2.45, 2.75) is 46.6 Å². The van der Waals surface area contributed by atoms with Crippen LogP contribution in [0.2, 0.25) is 0 Å². The number of nitrogens with one attached hydrogen (secondary N) is 1. The summed E-state index contributed by atoms with van der Waals surface area (Å²) in [7, 11) is 0. The summed E-state index contributed by atoms with van der Waals surface area (Å²) in [5.74, 6) is -1.37. The van der Waals surface area contributed by atoms with Crippen molar-refractivity contribution in [2.24, 2.45) is 5.41 Å². The van der Waals surface area contributed by atoms with Gasteiger partial charge >= 0.3 is 5.97 Å². The van der Waals surface area contributed by atoms with E-state index in [-0.39, 0.29) is 11.3 Å². The molecule has 5 nitrogen and oxygen atoms in total. The third kappa shape index (κ3) is 5.38. The van der Waals surface area contributed by atoms with E-state index in [4.69, 9.17) is 5.11 Å². The van der Waals surface area contributed by atoms with Gasteiger partial charge in [0.1, 0.15) is 10.9 Å². The Labute approximate surface area is 117 Å². The monoisotopic (exact) mass is 284 g/mol. The fraction of sp³-hybridized carbons (Fsp3) is 0.615. The fourth-order valence-electron chi connectivity index (χ4n) is 1.53. The zero-order valence-electron chi connectivity index (χ0n) is 11.7. The van der Waals surface area contributed by atoms with Gasteiger partial charge in [-0.2, -0.15) is 0 Å². The maximum atomic E-state index is 11.9. The number of amides is 1. The first-order chi connectivity index (χ1) is 8.69. The number of aliphatic carboxylic acids is 1. The molecule has 1 heterocycles. The Bertz CT molecular complexity index is 463. The molecule has 0 aliphatic rings. The summed E-state index contributed by atoms with van der Waals surface area (Å²) in [5, 5.41) is 12.5. The molecule has 0 aliphatic carbocycles. The lowest BCUT2D eigenvalue weighted by atomic mass is 9.88. The van der Waals surface area contributed by atoms with E-state index in [1.165, 1.54) is 17.5 Å². The van der Waals surface area contributed by atoms with E-state index in [9.17, 15) is 9.59 Å².